The summed E-state index contributed by atoms with van der Waals surface area (Å²) in [6.45, 7) is 2.49. The number of hydrogen-bond donors (Lipinski definition) is 0. The molecule has 3 heteroatoms. The average molecular weight is 352 g/mol. The zero-order chi connectivity index (χ0) is 17.4. The van der Waals surface area contributed by atoms with E-state index in [1.165, 1.54) is 25.7 Å². The molecule has 0 bridgehead atoms. The summed E-state index contributed by atoms with van der Waals surface area (Å²) in [6.07, 6.45) is 10.7. The Kier molecular flexibility index (Phi) is 2.46. The molecular formula is C23H28O3. The minimum absolute atomic E-state index is 0.0589. The molecule has 1 spiro atoms. The van der Waals surface area contributed by atoms with Crippen LogP contribution in [0.25, 0.3) is 0 Å². The summed E-state index contributed by atoms with van der Waals surface area (Å²) in [5, 5.41) is 0. The van der Waals surface area contributed by atoms with Crippen LogP contribution in [0, 0.1) is 52.8 Å². The first kappa shape index (κ1) is 14.9. The van der Waals surface area contributed by atoms with Crippen molar-refractivity contribution in [1.82, 2.24) is 0 Å². The molecule has 138 valence electrons. The van der Waals surface area contributed by atoms with Gasteiger partial charge >= 0.3 is 5.97 Å². The predicted molar refractivity (Wildman–Crippen MR) is 94.9 cm³/mol. The van der Waals surface area contributed by atoms with E-state index in [9.17, 15) is 9.59 Å². The molecule has 0 aromatic heterocycles. The van der Waals surface area contributed by atoms with E-state index in [0.717, 1.165) is 48.9 Å². The van der Waals surface area contributed by atoms with Gasteiger partial charge in [0.2, 0.25) is 0 Å². The van der Waals surface area contributed by atoms with Crippen LogP contribution in [0.1, 0.15) is 58.3 Å². The third-order valence-electron chi connectivity index (χ3n) is 10.2. The largest absolute Gasteiger partial charge is 0.458 e. The van der Waals surface area contributed by atoms with E-state index in [4.69, 9.17) is 4.74 Å². The Bertz CT molecular complexity index is 782. The summed E-state index contributed by atoms with van der Waals surface area (Å²) in [5.74, 6) is 6.54. The molecule has 7 rings (SSSR count). The molecule has 0 aromatic carbocycles. The van der Waals surface area contributed by atoms with Gasteiger partial charge in [-0.25, -0.2) is 0 Å². The zero-order valence-corrected chi connectivity index (χ0v) is 15.6. The molecule has 6 aliphatic carbocycles. The van der Waals surface area contributed by atoms with Crippen molar-refractivity contribution in [1.29, 1.82) is 0 Å². The Labute approximate surface area is 154 Å². The van der Waals surface area contributed by atoms with Gasteiger partial charge in [0.15, 0.2) is 5.78 Å². The van der Waals surface area contributed by atoms with Crippen molar-refractivity contribution in [2.24, 2.45) is 52.8 Å². The maximum atomic E-state index is 12.1. The quantitative estimate of drug-likeness (QED) is 0.621. The molecule has 6 fully saturated rings. The van der Waals surface area contributed by atoms with Crippen molar-refractivity contribution in [2.75, 3.05) is 0 Å². The summed E-state index contributed by atoms with van der Waals surface area (Å²) >= 11 is 0. The van der Waals surface area contributed by atoms with Crippen molar-refractivity contribution >= 4 is 11.8 Å². The normalized spacial score (nSPS) is 61.0. The molecule has 0 aromatic rings. The van der Waals surface area contributed by atoms with Gasteiger partial charge in [-0.1, -0.05) is 12.5 Å². The average Bonchev–Trinajstić information content (AvgIpc) is 3.51. The Balaban J connectivity index is 1.31. The highest BCUT2D eigenvalue weighted by Gasteiger charge is 2.80. The van der Waals surface area contributed by atoms with Gasteiger partial charge in [-0.3, -0.25) is 9.59 Å². The lowest BCUT2D eigenvalue weighted by Gasteiger charge is -2.57. The molecule has 26 heavy (non-hydrogen) atoms. The van der Waals surface area contributed by atoms with E-state index in [-0.39, 0.29) is 17.0 Å². The number of rotatable bonds is 0. The number of carbonyl (C=O) groups excluding carboxylic acids is 2. The van der Waals surface area contributed by atoms with Crippen molar-refractivity contribution in [3.05, 3.63) is 11.6 Å². The second-order valence-electron chi connectivity index (χ2n) is 10.9. The van der Waals surface area contributed by atoms with Crippen LogP contribution < -0.4 is 0 Å². The van der Waals surface area contributed by atoms with Crippen molar-refractivity contribution in [3.63, 3.8) is 0 Å². The number of esters is 1. The van der Waals surface area contributed by atoms with Crippen LogP contribution in [0.4, 0.5) is 0 Å². The minimum atomic E-state index is -0.118. The van der Waals surface area contributed by atoms with Gasteiger partial charge in [-0.05, 0) is 86.0 Å². The van der Waals surface area contributed by atoms with Gasteiger partial charge < -0.3 is 4.74 Å². The van der Waals surface area contributed by atoms with Crippen molar-refractivity contribution in [2.45, 2.75) is 63.9 Å². The Hall–Kier alpha value is -1.12. The first-order valence-electron chi connectivity index (χ1n) is 11.0. The molecule has 6 unspecified atom stereocenters. The van der Waals surface area contributed by atoms with E-state index in [1.807, 2.05) is 0 Å². The molecule has 1 heterocycles. The number of ketones is 1. The lowest BCUT2D eigenvalue weighted by Crippen LogP contribution is -2.55. The number of allylic oxidation sites excluding steroid dienone is 1. The van der Waals surface area contributed by atoms with E-state index in [2.05, 4.69) is 13.0 Å². The van der Waals surface area contributed by atoms with Crippen LogP contribution in [0.15, 0.2) is 11.6 Å². The van der Waals surface area contributed by atoms with Crippen LogP contribution >= 0.6 is 0 Å². The van der Waals surface area contributed by atoms with Crippen LogP contribution in [-0.2, 0) is 14.3 Å². The maximum absolute atomic E-state index is 12.1. The highest BCUT2D eigenvalue weighted by atomic mass is 16.6. The summed E-state index contributed by atoms with van der Waals surface area (Å²) in [7, 11) is 0. The van der Waals surface area contributed by atoms with Gasteiger partial charge in [0.25, 0.3) is 0 Å². The maximum Gasteiger partial charge on any atom is 0.306 e. The van der Waals surface area contributed by atoms with E-state index in [0.29, 0.717) is 30.0 Å². The molecule has 0 N–H and O–H groups in total. The van der Waals surface area contributed by atoms with Gasteiger partial charge in [0.05, 0.1) is 0 Å². The SMILES string of the molecule is C[C@]12CCC3C4CCC(=O)C=C4[C@@H]4C[C@@H]4C3C1[C@H]1CC1C21CCC(=O)O1. The molecule has 5 saturated carbocycles. The van der Waals surface area contributed by atoms with Crippen molar-refractivity contribution < 1.29 is 14.3 Å². The van der Waals surface area contributed by atoms with Crippen LogP contribution in [0.3, 0.4) is 0 Å². The van der Waals surface area contributed by atoms with Gasteiger partial charge in [-0.15, -0.1) is 0 Å². The van der Waals surface area contributed by atoms with Crippen LogP contribution in [0.2, 0.25) is 0 Å². The fraction of sp³-hybridized carbons (Fsp3) is 0.826. The standard InChI is InChI=1S/C23H28O3/c1-22-6-4-13-12-3-2-11(24)8-14(12)15-9-16(15)20(13)21(22)17-10-18(17)23(22)7-5-19(25)26-23/h8,12-13,15-18,20-21H,2-7,9-10H2,1H3/t12?,13?,15-,16-,17-,18?,20?,21?,22-,23?/m0/s1. The minimum Gasteiger partial charge on any atom is -0.458 e. The lowest BCUT2D eigenvalue weighted by molar-refractivity contribution is -0.174. The molecule has 0 radical (unpaired) electrons. The smallest absolute Gasteiger partial charge is 0.306 e. The molecule has 1 aliphatic heterocycles. The molecule has 3 nitrogen and oxygen atoms in total. The molecule has 7 aliphatic rings. The van der Waals surface area contributed by atoms with Gasteiger partial charge in [-0.2, -0.15) is 0 Å². The highest BCUT2D eigenvalue weighted by Crippen LogP contribution is 2.81. The number of hydrogen-bond acceptors (Lipinski definition) is 3. The van der Waals surface area contributed by atoms with Gasteiger partial charge in [0.1, 0.15) is 5.60 Å². The molecular weight excluding hydrogens is 324 g/mol. The van der Waals surface area contributed by atoms with E-state index < -0.39 is 0 Å². The second kappa shape index (κ2) is 4.31. The summed E-state index contributed by atoms with van der Waals surface area (Å²) in [4.78, 5) is 24.1. The van der Waals surface area contributed by atoms with Crippen LogP contribution in [-0.4, -0.2) is 17.4 Å². The Morgan fingerprint density at radius 2 is 1.88 bits per heavy atom. The first-order valence-corrected chi connectivity index (χ1v) is 11.0. The molecule has 0 amide bonds. The fourth-order valence-corrected chi connectivity index (χ4v) is 9.35. The summed E-state index contributed by atoms with van der Waals surface area (Å²) < 4.78 is 6.19. The second-order valence-corrected chi connectivity index (χ2v) is 10.9. The highest BCUT2D eigenvalue weighted by molar-refractivity contribution is 5.91. The summed E-state index contributed by atoms with van der Waals surface area (Å²) in [5.41, 5.74) is 1.64. The third kappa shape index (κ3) is 1.49. The fourth-order valence-electron chi connectivity index (χ4n) is 9.35. The first-order chi connectivity index (χ1) is 12.5. The topological polar surface area (TPSA) is 43.4 Å². The van der Waals surface area contributed by atoms with E-state index in [1.54, 1.807) is 5.57 Å². The number of ether oxygens (including phenoxy) is 1. The van der Waals surface area contributed by atoms with Gasteiger partial charge in [0, 0.05) is 24.2 Å². The number of fused-ring (bicyclic) bond motifs is 12. The predicted octanol–water partition coefficient (Wildman–Crippen LogP) is 3.92. The Morgan fingerprint density at radius 1 is 1.00 bits per heavy atom. The zero-order valence-electron chi connectivity index (χ0n) is 15.6. The number of carbonyl (C=O) groups is 2. The molecule has 1 saturated heterocycles. The monoisotopic (exact) mass is 352 g/mol. The van der Waals surface area contributed by atoms with E-state index >= 15 is 0 Å². The van der Waals surface area contributed by atoms with Crippen LogP contribution in [0.5, 0.6) is 0 Å². The lowest BCUT2D eigenvalue weighted by atomic mass is 9.49. The van der Waals surface area contributed by atoms with Crippen molar-refractivity contribution in [3.8, 4) is 0 Å². The third-order valence-corrected chi connectivity index (χ3v) is 10.2. The summed E-state index contributed by atoms with van der Waals surface area (Å²) in [6, 6.07) is 0. The Morgan fingerprint density at radius 3 is 2.69 bits per heavy atom. The molecule has 10 atom stereocenters.